The molecule has 2 aromatic rings. The lowest BCUT2D eigenvalue weighted by Crippen LogP contribution is -2.14. The molecule has 0 radical (unpaired) electrons. The highest BCUT2D eigenvalue weighted by Gasteiger charge is 2.22. The molecule has 0 N–H and O–H groups in total. The van der Waals surface area contributed by atoms with E-state index < -0.39 is 21.8 Å². The molecule has 0 heterocycles. The molecule has 25 heavy (non-hydrogen) atoms. The maximum absolute atomic E-state index is 12.1. The average molecular weight is 474 g/mol. The predicted octanol–water partition coefficient (Wildman–Crippen LogP) is 4.03. The minimum absolute atomic E-state index is 0.0854. The molecule has 0 unspecified atom stereocenters. The van der Waals surface area contributed by atoms with Gasteiger partial charge >= 0.3 is 11.9 Å². The van der Waals surface area contributed by atoms with Crippen LogP contribution >= 0.6 is 31.9 Å². The van der Waals surface area contributed by atoms with Crippen molar-refractivity contribution in [3.8, 4) is 0 Å². The van der Waals surface area contributed by atoms with Gasteiger partial charge in [-0.3, -0.25) is 20.2 Å². The molecule has 0 bridgehead atoms. The Balaban J connectivity index is 2.22. The van der Waals surface area contributed by atoms with Gasteiger partial charge in [0.25, 0.3) is 11.4 Å². The first-order valence-electron chi connectivity index (χ1n) is 6.35. The number of non-ortho nitro benzene ring substituents is 2. The Morgan fingerprint density at radius 2 is 1.16 bits per heavy atom. The summed E-state index contributed by atoms with van der Waals surface area (Å²) in [7, 11) is 0. The van der Waals surface area contributed by atoms with Crippen molar-refractivity contribution >= 4 is 55.2 Å². The van der Waals surface area contributed by atoms with Gasteiger partial charge in [-0.05, 0) is 44.0 Å². The lowest BCUT2D eigenvalue weighted by molar-refractivity contribution is -0.385. The van der Waals surface area contributed by atoms with Crippen LogP contribution in [0.5, 0.6) is 0 Å². The second kappa shape index (κ2) is 7.49. The first-order valence-corrected chi connectivity index (χ1v) is 7.93. The zero-order chi connectivity index (χ0) is 18.7. The second-order valence-corrected chi connectivity index (χ2v) is 6.23. The molecule has 0 saturated heterocycles. The summed E-state index contributed by atoms with van der Waals surface area (Å²) in [6.45, 7) is 0. The summed E-state index contributed by atoms with van der Waals surface area (Å²) in [6.07, 6.45) is 0. The van der Waals surface area contributed by atoms with E-state index in [1.54, 1.807) is 0 Å². The number of hydrogen-bond donors (Lipinski definition) is 0. The summed E-state index contributed by atoms with van der Waals surface area (Å²) in [6, 6.07) is 6.67. The molecule has 2 rings (SSSR count). The number of nitro groups is 2. The Labute approximate surface area is 156 Å². The van der Waals surface area contributed by atoms with E-state index in [2.05, 4.69) is 31.9 Å². The fourth-order valence-electron chi connectivity index (χ4n) is 1.76. The number of carbonyl (C=O) groups is 2. The number of nitro benzene ring substituents is 2. The maximum Gasteiger partial charge on any atom is 0.347 e. The number of carbonyl (C=O) groups excluding carboxylic acids is 2. The first-order chi connectivity index (χ1) is 11.7. The summed E-state index contributed by atoms with van der Waals surface area (Å²) in [5.74, 6) is -2.06. The van der Waals surface area contributed by atoms with Gasteiger partial charge in [-0.1, -0.05) is 0 Å². The molecule has 0 saturated carbocycles. The number of ether oxygens (including phenoxy) is 1. The van der Waals surface area contributed by atoms with E-state index in [0.29, 0.717) is 0 Å². The van der Waals surface area contributed by atoms with Gasteiger partial charge in [0.15, 0.2) is 0 Å². The van der Waals surface area contributed by atoms with Crippen LogP contribution in [0.3, 0.4) is 0 Å². The Morgan fingerprint density at radius 1 is 0.800 bits per heavy atom. The van der Waals surface area contributed by atoms with Crippen LogP contribution in [0.1, 0.15) is 20.7 Å². The van der Waals surface area contributed by atoms with Crippen molar-refractivity contribution in [2.75, 3.05) is 0 Å². The van der Waals surface area contributed by atoms with E-state index in [9.17, 15) is 29.8 Å². The smallest absolute Gasteiger partial charge is 0.347 e. The summed E-state index contributed by atoms with van der Waals surface area (Å²) >= 11 is 6.00. The zero-order valence-corrected chi connectivity index (χ0v) is 15.1. The third-order valence-corrected chi connectivity index (χ3v) is 4.26. The van der Waals surface area contributed by atoms with E-state index in [1.165, 1.54) is 0 Å². The van der Waals surface area contributed by atoms with Crippen molar-refractivity contribution in [3.05, 3.63) is 76.7 Å². The highest BCUT2D eigenvalue weighted by molar-refractivity contribution is 9.10. The van der Waals surface area contributed by atoms with Gasteiger partial charge in [-0.25, -0.2) is 9.59 Å². The molecule has 0 spiro atoms. The number of hydrogen-bond acceptors (Lipinski definition) is 7. The summed E-state index contributed by atoms with van der Waals surface area (Å²) in [5.41, 5.74) is -0.658. The third-order valence-electron chi connectivity index (χ3n) is 2.95. The van der Waals surface area contributed by atoms with Crippen molar-refractivity contribution in [2.45, 2.75) is 0 Å². The van der Waals surface area contributed by atoms with E-state index in [4.69, 9.17) is 4.74 Å². The molecule has 0 aliphatic heterocycles. The lowest BCUT2D eigenvalue weighted by atomic mass is 10.2. The third kappa shape index (κ3) is 4.25. The van der Waals surface area contributed by atoms with Gasteiger partial charge in [0.1, 0.15) is 0 Å². The molecule has 2 aromatic carbocycles. The number of halogens is 2. The van der Waals surface area contributed by atoms with E-state index in [1.807, 2.05) is 0 Å². The summed E-state index contributed by atoms with van der Waals surface area (Å²) < 4.78 is 4.88. The molecule has 0 amide bonds. The molecular weight excluding hydrogens is 468 g/mol. The molecule has 9 nitrogen and oxygen atoms in total. The Kier molecular flexibility index (Phi) is 5.59. The van der Waals surface area contributed by atoms with E-state index >= 15 is 0 Å². The van der Waals surface area contributed by atoms with Crippen LogP contribution in [0, 0.1) is 20.2 Å². The fraction of sp³-hybridized carbons (Fsp3) is 0. The highest BCUT2D eigenvalue weighted by atomic mass is 79.9. The molecular formula is C14H6Br2N2O7. The van der Waals surface area contributed by atoms with Crippen LogP contribution in [0.25, 0.3) is 0 Å². The van der Waals surface area contributed by atoms with Crippen molar-refractivity contribution < 1.29 is 24.2 Å². The predicted molar refractivity (Wildman–Crippen MR) is 91.3 cm³/mol. The van der Waals surface area contributed by atoms with E-state index in [0.717, 1.165) is 36.4 Å². The number of rotatable bonds is 4. The first kappa shape index (κ1) is 18.7. The molecule has 0 aliphatic carbocycles. The summed E-state index contributed by atoms with van der Waals surface area (Å²) in [5, 5.41) is 21.3. The van der Waals surface area contributed by atoms with Gasteiger partial charge in [0, 0.05) is 33.2 Å². The quantitative estimate of drug-likeness (QED) is 0.283. The normalized spacial score (nSPS) is 10.2. The molecule has 0 aliphatic rings. The second-order valence-electron chi connectivity index (χ2n) is 4.52. The minimum Gasteiger partial charge on any atom is -0.386 e. The van der Waals surface area contributed by atoms with Crippen LogP contribution in [-0.4, -0.2) is 21.8 Å². The van der Waals surface area contributed by atoms with Gasteiger partial charge in [0.05, 0.1) is 21.0 Å². The van der Waals surface area contributed by atoms with Gasteiger partial charge in [0.2, 0.25) is 0 Å². The maximum atomic E-state index is 12.1. The van der Waals surface area contributed by atoms with Crippen molar-refractivity contribution in [3.63, 3.8) is 0 Å². The number of benzene rings is 2. The fourth-order valence-corrected chi connectivity index (χ4v) is 2.82. The van der Waals surface area contributed by atoms with Gasteiger partial charge in [-0.15, -0.1) is 0 Å². The standard InChI is InChI=1S/C14H6Br2N2O7/c15-11-5-7(17(21)22)1-3-9(11)13(19)25-14(20)10-4-2-8(18(23)24)6-12(10)16/h1-6H. The topological polar surface area (TPSA) is 130 Å². The number of esters is 2. The molecule has 0 aromatic heterocycles. The Bertz CT molecular complexity index is 841. The Hall–Kier alpha value is -2.66. The van der Waals surface area contributed by atoms with Crippen LogP contribution < -0.4 is 0 Å². The van der Waals surface area contributed by atoms with E-state index in [-0.39, 0.29) is 31.4 Å². The average Bonchev–Trinajstić information content (AvgIpc) is 2.53. The van der Waals surface area contributed by atoms with Crippen LogP contribution in [0.4, 0.5) is 11.4 Å². The van der Waals surface area contributed by atoms with Crippen LogP contribution in [0.15, 0.2) is 45.3 Å². The zero-order valence-electron chi connectivity index (χ0n) is 12.0. The molecule has 11 heteroatoms. The van der Waals surface area contributed by atoms with Crippen molar-refractivity contribution in [1.29, 1.82) is 0 Å². The van der Waals surface area contributed by atoms with Gasteiger partial charge in [-0.2, -0.15) is 0 Å². The molecule has 0 atom stereocenters. The van der Waals surface area contributed by atoms with Crippen molar-refractivity contribution in [2.24, 2.45) is 0 Å². The monoisotopic (exact) mass is 472 g/mol. The minimum atomic E-state index is -1.03. The highest BCUT2D eigenvalue weighted by Crippen LogP contribution is 2.26. The molecule has 128 valence electrons. The van der Waals surface area contributed by atoms with Crippen LogP contribution in [0.2, 0.25) is 0 Å². The largest absolute Gasteiger partial charge is 0.386 e. The summed E-state index contributed by atoms with van der Waals surface area (Å²) in [4.78, 5) is 44.2. The van der Waals surface area contributed by atoms with Gasteiger partial charge < -0.3 is 4.74 Å². The molecule has 0 fully saturated rings. The van der Waals surface area contributed by atoms with Crippen LogP contribution in [-0.2, 0) is 4.74 Å². The lowest BCUT2D eigenvalue weighted by Gasteiger charge is -2.06. The Morgan fingerprint density at radius 3 is 1.44 bits per heavy atom. The van der Waals surface area contributed by atoms with Crippen molar-refractivity contribution in [1.82, 2.24) is 0 Å². The number of nitrogens with zero attached hydrogens (tertiary/aromatic N) is 2. The SMILES string of the molecule is O=C(OC(=O)c1ccc([N+](=O)[O-])cc1Br)c1ccc([N+](=O)[O-])cc1Br.